The van der Waals surface area contributed by atoms with Crippen molar-refractivity contribution in [3.63, 3.8) is 0 Å². The van der Waals surface area contributed by atoms with Gasteiger partial charge in [-0.1, -0.05) is 6.92 Å². The first kappa shape index (κ1) is 24.4. The van der Waals surface area contributed by atoms with E-state index in [0.717, 1.165) is 42.5 Å². The average Bonchev–Trinajstić information content (AvgIpc) is 3.29. The number of aryl methyl sites for hydroxylation is 1. The highest BCUT2D eigenvalue weighted by atomic mass is 35.5. The SMILES string of the molecule is COc1ccc(N2Cc3c(c4cc(F)ccc4n3C)C2=O)cc1OCCN1CCC(C)CC1.Cl. The van der Waals surface area contributed by atoms with Crippen LogP contribution in [0.1, 0.15) is 35.8 Å². The van der Waals surface area contributed by atoms with Crippen LogP contribution in [0.15, 0.2) is 36.4 Å². The molecule has 0 spiro atoms. The van der Waals surface area contributed by atoms with E-state index in [4.69, 9.17) is 9.47 Å². The predicted octanol–water partition coefficient (Wildman–Crippen LogP) is 5.02. The molecule has 2 aliphatic rings. The van der Waals surface area contributed by atoms with Gasteiger partial charge in [0.15, 0.2) is 11.5 Å². The summed E-state index contributed by atoms with van der Waals surface area (Å²) in [6.07, 6.45) is 2.46. The minimum atomic E-state index is -0.342. The molecule has 6 nitrogen and oxygen atoms in total. The second-order valence-corrected chi connectivity index (χ2v) is 9.14. The number of nitrogens with zero attached hydrogens (tertiary/aromatic N) is 3. The number of anilines is 1. The van der Waals surface area contributed by atoms with Crippen LogP contribution in [-0.2, 0) is 13.6 Å². The number of amides is 1. The van der Waals surface area contributed by atoms with Crippen LogP contribution in [0, 0.1) is 11.7 Å². The number of ether oxygens (including phenoxy) is 2. The van der Waals surface area contributed by atoms with Crippen molar-refractivity contribution < 1.29 is 18.7 Å². The molecule has 1 amide bonds. The second-order valence-electron chi connectivity index (χ2n) is 9.14. The van der Waals surface area contributed by atoms with Crippen molar-refractivity contribution in [2.75, 3.05) is 38.3 Å². The zero-order valence-corrected chi connectivity index (χ0v) is 20.7. The van der Waals surface area contributed by atoms with Crippen molar-refractivity contribution in [3.05, 3.63) is 53.5 Å². The van der Waals surface area contributed by atoms with Crippen molar-refractivity contribution in [2.24, 2.45) is 13.0 Å². The van der Waals surface area contributed by atoms with Gasteiger partial charge in [-0.05, 0) is 62.2 Å². The molecule has 0 unspecified atom stereocenters. The minimum absolute atomic E-state index is 0. The second kappa shape index (κ2) is 9.84. The van der Waals surface area contributed by atoms with E-state index >= 15 is 0 Å². The topological polar surface area (TPSA) is 46.9 Å². The summed E-state index contributed by atoms with van der Waals surface area (Å²) in [5.41, 5.74) is 3.06. The first-order chi connectivity index (χ1) is 16.0. The highest BCUT2D eigenvalue weighted by Gasteiger charge is 2.34. The maximum atomic E-state index is 13.9. The Labute approximate surface area is 205 Å². The number of benzene rings is 2. The molecule has 34 heavy (non-hydrogen) atoms. The van der Waals surface area contributed by atoms with E-state index in [1.165, 1.54) is 25.0 Å². The Morgan fingerprint density at radius 2 is 1.85 bits per heavy atom. The summed E-state index contributed by atoms with van der Waals surface area (Å²) < 4.78 is 27.5. The minimum Gasteiger partial charge on any atom is -0.493 e. The van der Waals surface area contributed by atoms with Crippen LogP contribution in [0.2, 0.25) is 0 Å². The summed E-state index contributed by atoms with van der Waals surface area (Å²) in [6, 6.07) is 10.2. The van der Waals surface area contributed by atoms with Gasteiger partial charge in [0.1, 0.15) is 12.4 Å². The molecule has 0 saturated carbocycles. The van der Waals surface area contributed by atoms with E-state index in [9.17, 15) is 9.18 Å². The summed E-state index contributed by atoms with van der Waals surface area (Å²) >= 11 is 0. The van der Waals surface area contributed by atoms with Crippen molar-refractivity contribution in [3.8, 4) is 11.5 Å². The molecule has 8 heteroatoms. The smallest absolute Gasteiger partial charge is 0.261 e. The van der Waals surface area contributed by atoms with Crippen LogP contribution < -0.4 is 14.4 Å². The fraction of sp³-hybridized carbons (Fsp3) is 0.423. The number of rotatable bonds is 6. The Bertz CT molecular complexity index is 1200. The van der Waals surface area contributed by atoms with Crippen LogP contribution in [0.5, 0.6) is 11.5 Å². The van der Waals surface area contributed by atoms with E-state index < -0.39 is 0 Å². The number of carbonyl (C=O) groups is 1. The lowest BCUT2D eigenvalue weighted by molar-refractivity contribution is 0.0998. The zero-order valence-electron chi connectivity index (χ0n) is 19.8. The van der Waals surface area contributed by atoms with Gasteiger partial charge in [0, 0.05) is 36.2 Å². The Kier molecular flexibility index (Phi) is 7.05. The number of carbonyl (C=O) groups excluding carboxylic acids is 1. The normalized spacial score (nSPS) is 16.6. The number of likely N-dealkylation sites (tertiary alicyclic amines) is 1. The molecule has 3 aromatic rings. The summed E-state index contributed by atoms with van der Waals surface area (Å²) in [5.74, 6) is 1.60. The third-order valence-electron chi connectivity index (χ3n) is 7.05. The highest BCUT2D eigenvalue weighted by molar-refractivity contribution is 6.18. The van der Waals surface area contributed by atoms with Crippen molar-refractivity contribution in [2.45, 2.75) is 26.3 Å². The molecular formula is C26H31ClFN3O3. The Hall–Kier alpha value is -2.77. The van der Waals surface area contributed by atoms with Gasteiger partial charge in [-0.3, -0.25) is 9.69 Å². The van der Waals surface area contributed by atoms with E-state index in [0.29, 0.717) is 35.6 Å². The first-order valence-corrected chi connectivity index (χ1v) is 11.6. The number of piperidine rings is 1. The maximum absolute atomic E-state index is 13.9. The molecule has 182 valence electrons. The molecule has 2 aromatic carbocycles. The van der Waals surface area contributed by atoms with E-state index in [1.54, 1.807) is 18.1 Å². The maximum Gasteiger partial charge on any atom is 0.261 e. The van der Waals surface area contributed by atoms with Crippen LogP contribution in [-0.4, -0.2) is 48.7 Å². The molecule has 0 radical (unpaired) electrons. The molecule has 3 heterocycles. The van der Waals surface area contributed by atoms with Crippen LogP contribution >= 0.6 is 12.4 Å². The summed E-state index contributed by atoms with van der Waals surface area (Å²) in [6.45, 7) is 6.38. The standard InChI is InChI=1S/C26H30FN3O3.ClH/c1-17-8-10-29(11-9-17)12-13-33-24-15-19(5-7-23(24)32-3)30-16-22-25(26(30)31)20-14-18(27)4-6-21(20)28(22)2;/h4-7,14-15,17H,8-13,16H2,1-3H3;1H. The fourth-order valence-electron chi connectivity index (χ4n) is 4.97. The van der Waals surface area contributed by atoms with Gasteiger partial charge in [0.25, 0.3) is 5.91 Å². The van der Waals surface area contributed by atoms with Gasteiger partial charge in [-0.2, -0.15) is 0 Å². The number of halogens is 2. The number of methoxy groups -OCH3 is 1. The van der Waals surface area contributed by atoms with Crippen LogP contribution in [0.3, 0.4) is 0 Å². The Morgan fingerprint density at radius 3 is 2.59 bits per heavy atom. The fourth-order valence-corrected chi connectivity index (χ4v) is 4.97. The Morgan fingerprint density at radius 1 is 1.09 bits per heavy atom. The molecular weight excluding hydrogens is 457 g/mol. The molecule has 0 atom stereocenters. The number of fused-ring (bicyclic) bond motifs is 3. The predicted molar refractivity (Wildman–Crippen MR) is 134 cm³/mol. The van der Waals surface area contributed by atoms with Crippen molar-refractivity contribution in [1.82, 2.24) is 9.47 Å². The van der Waals surface area contributed by atoms with Gasteiger partial charge in [-0.15, -0.1) is 12.4 Å². The molecule has 0 bridgehead atoms. The van der Waals surface area contributed by atoms with Gasteiger partial charge >= 0.3 is 0 Å². The third-order valence-corrected chi connectivity index (χ3v) is 7.05. The van der Waals surface area contributed by atoms with Gasteiger partial charge in [0.05, 0.1) is 24.9 Å². The molecule has 1 saturated heterocycles. The first-order valence-electron chi connectivity index (χ1n) is 11.6. The monoisotopic (exact) mass is 487 g/mol. The summed E-state index contributed by atoms with van der Waals surface area (Å²) in [7, 11) is 3.53. The van der Waals surface area contributed by atoms with Crippen molar-refractivity contribution in [1.29, 1.82) is 0 Å². The molecule has 0 N–H and O–H groups in total. The molecule has 2 aliphatic heterocycles. The molecule has 1 aromatic heterocycles. The van der Waals surface area contributed by atoms with Gasteiger partial charge in [-0.25, -0.2) is 4.39 Å². The molecule has 5 rings (SSSR count). The lowest BCUT2D eigenvalue weighted by Crippen LogP contribution is -2.35. The van der Waals surface area contributed by atoms with Crippen LogP contribution in [0.25, 0.3) is 10.9 Å². The third kappa shape index (κ3) is 4.34. The highest BCUT2D eigenvalue weighted by Crippen LogP contribution is 2.38. The largest absolute Gasteiger partial charge is 0.493 e. The van der Waals surface area contributed by atoms with Gasteiger partial charge < -0.3 is 18.9 Å². The Balaban J connectivity index is 0.00000274. The number of hydrogen-bond donors (Lipinski definition) is 0. The summed E-state index contributed by atoms with van der Waals surface area (Å²) in [5, 5.41) is 0.654. The lowest BCUT2D eigenvalue weighted by Gasteiger charge is -2.30. The summed E-state index contributed by atoms with van der Waals surface area (Å²) in [4.78, 5) is 17.5. The molecule has 0 aliphatic carbocycles. The van der Waals surface area contributed by atoms with E-state index in [1.807, 2.05) is 29.8 Å². The van der Waals surface area contributed by atoms with E-state index in [2.05, 4.69) is 11.8 Å². The van der Waals surface area contributed by atoms with Crippen LogP contribution in [0.4, 0.5) is 10.1 Å². The average molecular weight is 488 g/mol. The van der Waals surface area contributed by atoms with E-state index in [-0.39, 0.29) is 24.1 Å². The zero-order chi connectivity index (χ0) is 23.1. The number of hydrogen-bond acceptors (Lipinski definition) is 4. The van der Waals surface area contributed by atoms with Gasteiger partial charge in [0.2, 0.25) is 0 Å². The quantitative estimate of drug-likeness (QED) is 0.490. The van der Waals surface area contributed by atoms with Crippen molar-refractivity contribution >= 4 is 34.9 Å². The lowest BCUT2D eigenvalue weighted by atomic mass is 9.99. The number of aromatic nitrogens is 1. The molecule has 1 fully saturated rings.